The fourth-order valence-electron chi connectivity index (χ4n) is 8.30. The number of aromatic nitrogens is 4. The van der Waals surface area contributed by atoms with Crippen LogP contribution >= 0.6 is 0 Å². The number of aliphatic carboxylic acids is 2. The first-order valence-electron chi connectivity index (χ1n) is 21.8. The van der Waals surface area contributed by atoms with Crippen LogP contribution in [-0.2, 0) is 30.5 Å². The Kier molecular flexibility index (Phi) is 19.0. The summed E-state index contributed by atoms with van der Waals surface area (Å²) in [4.78, 5) is 49.4. The molecule has 2 aliphatic rings. The molecule has 1 heterocycles. The van der Waals surface area contributed by atoms with Crippen molar-refractivity contribution >= 4 is 23.8 Å². The topological polar surface area (TPSA) is 236 Å². The van der Waals surface area contributed by atoms with Crippen LogP contribution < -0.4 is 0 Å². The molecule has 2 aliphatic carbocycles. The van der Waals surface area contributed by atoms with E-state index in [4.69, 9.17) is 9.84 Å². The number of ether oxygens (including phenoxy) is 1. The third-order valence-corrected chi connectivity index (χ3v) is 11.9. The van der Waals surface area contributed by atoms with Gasteiger partial charge in [-0.3, -0.25) is 14.4 Å². The maximum Gasteiger partial charge on any atom is 0.326 e. The van der Waals surface area contributed by atoms with Gasteiger partial charge in [-0.05, 0) is 77.3 Å². The highest BCUT2D eigenvalue weighted by molar-refractivity contribution is 5.84. The number of nitrogens with zero attached hydrogens (tertiary/aromatic N) is 4. The lowest BCUT2D eigenvalue weighted by molar-refractivity contribution is -0.159. The zero-order valence-corrected chi connectivity index (χ0v) is 36.8. The smallest absolute Gasteiger partial charge is 0.326 e. The van der Waals surface area contributed by atoms with Gasteiger partial charge in [0.1, 0.15) is 12.1 Å². The highest BCUT2D eigenvalue weighted by atomic mass is 16.5. The Hall–Kier alpha value is -5.25. The van der Waals surface area contributed by atoms with E-state index in [1.54, 1.807) is 0 Å². The summed E-state index contributed by atoms with van der Waals surface area (Å²) >= 11 is 0. The number of aliphatic hydroxyl groups is 3. The lowest BCUT2D eigenvalue weighted by Gasteiger charge is -2.43. The molecule has 0 spiro atoms. The number of allylic oxidation sites excluding steroid dienone is 2. The number of carboxylic acid groups (broad SMARTS) is 2. The summed E-state index contributed by atoms with van der Waals surface area (Å²) < 4.78 is 5.84. The number of hydrogen-bond acceptors (Lipinski definition) is 11. The predicted octanol–water partition coefficient (Wildman–Crippen LogP) is 6.60. The molecule has 0 bridgehead atoms. The maximum atomic E-state index is 12.9. The number of unbranched alkanes of at least 4 members (excludes halogenated alkanes) is 1. The van der Waals surface area contributed by atoms with Gasteiger partial charge in [0.25, 0.3) is 0 Å². The van der Waals surface area contributed by atoms with Crippen molar-refractivity contribution in [2.45, 2.75) is 136 Å². The number of benzene rings is 2. The molecule has 0 radical (unpaired) electrons. The Labute approximate surface area is 364 Å². The second-order valence-electron chi connectivity index (χ2n) is 17.0. The van der Waals surface area contributed by atoms with Gasteiger partial charge in [-0.25, -0.2) is 4.79 Å². The van der Waals surface area contributed by atoms with Gasteiger partial charge in [-0.1, -0.05) is 115 Å². The molecule has 62 heavy (non-hydrogen) atoms. The van der Waals surface area contributed by atoms with Gasteiger partial charge < -0.3 is 35.2 Å². The van der Waals surface area contributed by atoms with Crippen molar-refractivity contribution in [1.29, 1.82) is 0 Å². The monoisotopic (exact) mass is 859 g/mol. The summed E-state index contributed by atoms with van der Waals surface area (Å²) in [5.41, 5.74) is 4.62. The molecule has 0 saturated heterocycles. The quantitative estimate of drug-likeness (QED) is 0.0658. The van der Waals surface area contributed by atoms with Crippen LogP contribution in [0.2, 0.25) is 0 Å². The van der Waals surface area contributed by atoms with E-state index in [9.17, 15) is 39.6 Å². The molecule has 0 fully saturated rings. The van der Waals surface area contributed by atoms with Crippen LogP contribution in [0.5, 0.6) is 0 Å². The lowest BCUT2D eigenvalue weighted by Crippen LogP contribution is -2.47. The molecule has 338 valence electrons. The number of carbonyl (C=O) groups excluding carboxylic acids is 2. The molecule has 0 saturated carbocycles. The zero-order chi connectivity index (χ0) is 45.5. The number of hydrogen-bond donors (Lipinski definition) is 6. The van der Waals surface area contributed by atoms with Gasteiger partial charge in [-0.15, -0.1) is 10.2 Å². The molecule has 5 rings (SSSR count). The van der Waals surface area contributed by atoms with Crippen LogP contribution in [0.4, 0.5) is 0 Å². The summed E-state index contributed by atoms with van der Waals surface area (Å²) in [5.74, 6) is -2.09. The van der Waals surface area contributed by atoms with E-state index in [-0.39, 0.29) is 60.9 Å². The normalized spacial score (nSPS) is 21.3. The van der Waals surface area contributed by atoms with E-state index in [1.807, 2.05) is 95.3 Å². The summed E-state index contributed by atoms with van der Waals surface area (Å²) in [5, 5.41) is 63.1. The highest BCUT2D eigenvalue weighted by Crippen LogP contribution is 2.44. The number of fused-ring (bicyclic) bond motifs is 1. The summed E-state index contributed by atoms with van der Waals surface area (Å²) in [6.45, 7) is 11.8. The summed E-state index contributed by atoms with van der Waals surface area (Å²) in [6.07, 6.45) is 6.61. The van der Waals surface area contributed by atoms with Crippen molar-refractivity contribution in [3.63, 3.8) is 0 Å². The Bertz CT molecular complexity index is 1970. The van der Waals surface area contributed by atoms with Crippen LogP contribution in [0.1, 0.15) is 105 Å². The third kappa shape index (κ3) is 13.9. The number of rotatable bonds is 20. The fraction of sp³-hybridized carbons (Fsp3) is 0.553. The van der Waals surface area contributed by atoms with Crippen molar-refractivity contribution in [1.82, 2.24) is 25.5 Å². The van der Waals surface area contributed by atoms with E-state index in [2.05, 4.69) is 33.6 Å². The zero-order valence-electron chi connectivity index (χ0n) is 36.8. The number of H-pyrrole nitrogens is 1. The fourth-order valence-corrected chi connectivity index (χ4v) is 8.30. The number of aliphatic hydroxyl groups excluding tert-OH is 3. The standard InChI is InChI=1S/C24H29N5O3.C23H36O7/c1-4-5-10-21(30)29(22(16(2)3)24(31)32)15-17-11-13-18(14-12-17)19-8-6-7-9-20(19)23-25-27-28-26-23;1-4-13(2)23(29)30-20-11-17(25)9-15-6-5-14(3)19(22(15)20)8-7-16(24)10-18(26)12-21(27)28/h6-9,11-14,16,22H,4-5,10,15H2,1-3H3,(H,31,32)(H,25,26,27,28);5-6,9,13-14,16-20,22,24-26H,4,7-8,10-12H2,1-3H3,(H,27,28)/t22-;13-,14-,16+,17+,18+,19-,20-,22-/m00/s1. The second kappa shape index (κ2) is 23.8. The molecule has 9 atom stereocenters. The van der Waals surface area contributed by atoms with E-state index < -0.39 is 42.4 Å². The van der Waals surface area contributed by atoms with Crippen molar-refractivity contribution < 1.29 is 49.4 Å². The lowest BCUT2D eigenvalue weighted by atomic mass is 9.66. The number of tetrazole rings is 1. The Morgan fingerprint density at radius 2 is 1.66 bits per heavy atom. The minimum Gasteiger partial charge on any atom is -0.481 e. The average molecular weight is 860 g/mol. The van der Waals surface area contributed by atoms with Crippen molar-refractivity contribution in [2.24, 2.45) is 29.6 Å². The van der Waals surface area contributed by atoms with E-state index >= 15 is 0 Å². The second-order valence-corrected chi connectivity index (χ2v) is 17.0. The van der Waals surface area contributed by atoms with Crippen LogP contribution in [-0.4, -0.2) is 105 Å². The highest BCUT2D eigenvalue weighted by Gasteiger charge is 2.42. The van der Waals surface area contributed by atoms with E-state index in [1.165, 1.54) is 4.90 Å². The number of aromatic amines is 1. The molecule has 15 heteroatoms. The number of carboxylic acids is 2. The predicted molar refractivity (Wildman–Crippen MR) is 233 cm³/mol. The first kappa shape index (κ1) is 49.4. The minimum atomic E-state index is -1.10. The van der Waals surface area contributed by atoms with Crippen LogP contribution in [0, 0.1) is 29.6 Å². The molecule has 1 aromatic heterocycles. The number of carbonyl (C=O) groups is 4. The maximum absolute atomic E-state index is 12.9. The molecule has 0 aliphatic heterocycles. The first-order chi connectivity index (χ1) is 29.5. The number of amides is 1. The average Bonchev–Trinajstić information content (AvgIpc) is 3.77. The SMILES string of the molecule is CCCCC(=O)N(Cc1ccc(-c2ccccc2-c2nn[nH]n2)cc1)[C@H](C(=O)O)C(C)C.CC[C@H](C)C(=O)O[C@H]1C[C@H](O)C=C2C=C[C@H](C)[C@H](CC[C@@H](O)C[C@@H](O)CC(=O)O)[C@H]21. The van der Waals surface area contributed by atoms with Gasteiger partial charge in [0.05, 0.1) is 30.7 Å². The molecular weight excluding hydrogens is 795 g/mol. The van der Waals surface area contributed by atoms with E-state index in [0.29, 0.717) is 37.9 Å². The van der Waals surface area contributed by atoms with Crippen LogP contribution in [0.25, 0.3) is 22.5 Å². The molecule has 3 aromatic rings. The van der Waals surface area contributed by atoms with Gasteiger partial charge in [0, 0.05) is 30.9 Å². The van der Waals surface area contributed by atoms with Gasteiger partial charge >= 0.3 is 17.9 Å². The van der Waals surface area contributed by atoms with Crippen molar-refractivity contribution in [3.8, 4) is 22.5 Å². The summed E-state index contributed by atoms with van der Waals surface area (Å²) in [7, 11) is 0. The van der Waals surface area contributed by atoms with Gasteiger partial charge in [-0.2, -0.15) is 5.21 Å². The molecule has 1 amide bonds. The van der Waals surface area contributed by atoms with Crippen molar-refractivity contribution in [2.75, 3.05) is 0 Å². The van der Waals surface area contributed by atoms with Crippen molar-refractivity contribution in [3.05, 3.63) is 77.9 Å². The third-order valence-electron chi connectivity index (χ3n) is 11.9. The number of nitrogens with one attached hydrogen (secondary N) is 1. The van der Waals surface area contributed by atoms with E-state index in [0.717, 1.165) is 40.7 Å². The Balaban J connectivity index is 0.000000273. The Morgan fingerprint density at radius 1 is 0.968 bits per heavy atom. The minimum absolute atomic E-state index is 0.0156. The van der Waals surface area contributed by atoms with Gasteiger partial charge in [0.15, 0.2) is 0 Å². The molecule has 0 unspecified atom stereocenters. The largest absolute Gasteiger partial charge is 0.481 e. The summed E-state index contributed by atoms with van der Waals surface area (Å²) in [6, 6.07) is 14.7. The van der Waals surface area contributed by atoms with Crippen LogP contribution in [0.15, 0.2) is 72.3 Å². The molecule has 6 N–H and O–H groups in total. The van der Waals surface area contributed by atoms with Crippen LogP contribution in [0.3, 0.4) is 0 Å². The van der Waals surface area contributed by atoms with Gasteiger partial charge in [0.2, 0.25) is 11.7 Å². The number of esters is 1. The Morgan fingerprint density at radius 3 is 2.26 bits per heavy atom. The molecule has 2 aromatic carbocycles. The molecular formula is C47H65N5O10. The first-order valence-corrected chi connectivity index (χ1v) is 21.8. The molecule has 15 nitrogen and oxygen atoms in total.